The van der Waals surface area contributed by atoms with Gasteiger partial charge in [0, 0.05) is 16.5 Å². The fourth-order valence-electron chi connectivity index (χ4n) is 3.13. The van der Waals surface area contributed by atoms with Crippen molar-refractivity contribution in [3.05, 3.63) is 99.9 Å². The summed E-state index contributed by atoms with van der Waals surface area (Å²) >= 11 is 7.37. The number of benzene rings is 3. The molecule has 0 saturated heterocycles. The molecule has 0 aromatic heterocycles. The Kier molecular flexibility index (Phi) is 6.21. The van der Waals surface area contributed by atoms with Crippen LogP contribution in [0.5, 0.6) is 0 Å². The predicted octanol–water partition coefficient (Wildman–Crippen LogP) is 5.14. The summed E-state index contributed by atoms with van der Waals surface area (Å²) in [5.41, 5.74) is 2.63. The lowest BCUT2D eigenvalue weighted by atomic mass is 10.2. The third-order valence-electron chi connectivity index (χ3n) is 4.63. The number of para-hydroxylation sites is 1. The summed E-state index contributed by atoms with van der Waals surface area (Å²) in [5, 5.41) is 3.54. The van der Waals surface area contributed by atoms with E-state index >= 15 is 0 Å². The fraction of sp³-hybridized carbons (Fsp3) is 0.0833. The maximum absolute atomic E-state index is 13.2. The number of thioether (sulfide) groups is 1. The number of nitrogens with one attached hydrogen (secondary N) is 1. The Morgan fingerprint density at radius 3 is 2.43 bits per heavy atom. The normalized spacial score (nSPS) is 14.5. The summed E-state index contributed by atoms with van der Waals surface area (Å²) < 4.78 is 0. The number of anilines is 1. The van der Waals surface area contributed by atoms with Crippen molar-refractivity contribution in [2.75, 3.05) is 11.4 Å². The monoisotopic (exact) mass is 434 g/mol. The number of amides is 2. The Labute approximate surface area is 184 Å². The van der Waals surface area contributed by atoms with Crippen molar-refractivity contribution in [1.29, 1.82) is 0 Å². The van der Waals surface area contributed by atoms with Crippen LogP contribution in [0.2, 0.25) is 5.02 Å². The zero-order chi connectivity index (χ0) is 20.9. The number of hydrogen-bond donors (Lipinski definition) is 1. The molecule has 1 aliphatic heterocycles. The van der Waals surface area contributed by atoms with Gasteiger partial charge in [-0.25, -0.2) is 0 Å². The second-order valence-electron chi connectivity index (χ2n) is 6.78. The highest BCUT2D eigenvalue weighted by molar-refractivity contribution is 8.04. The molecule has 4 rings (SSSR count). The molecule has 150 valence electrons. The van der Waals surface area contributed by atoms with Crippen LogP contribution in [0, 0.1) is 0 Å². The van der Waals surface area contributed by atoms with E-state index < -0.39 is 0 Å². The molecule has 3 aromatic rings. The van der Waals surface area contributed by atoms with Crippen molar-refractivity contribution < 1.29 is 9.59 Å². The standard InChI is InChI=1S/C24H19ClN2O2S/c25-19-12-10-17(11-13-19)14-22-24(29)27(20-8-4-5-9-21(20)30-22)16-23(28)26-15-18-6-2-1-3-7-18/h1-14H,15-16H2,(H,26,28). The molecule has 3 aromatic carbocycles. The maximum atomic E-state index is 13.2. The van der Waals surface area contributed by atoms with Gasteiger partial charge in [0.15, 0.2) is 0 Å². The van der Waals surface area contributed by atoms with Gasteiger partial charge in [0.25, 0.3) is 5.91 Å². The number of carbonyl (C=O) groups is 2. The lowest BCUT2D eigenvalue weighted by Crippen LogP contribution is -2.42. The van der Waals surface area contributed by atoms with E-state index in [2.05, 4.69) is 5.32 Å². The highest BCUT2D eigenvalue weighted by Gasteiger charge is 2.30. The van der Waals surface area contributed by atoms with Gasteiger partial charge in [0.2, 0.25) is 5.91 Å². The van der Waals surface area contributed by atoms with Crippen LogP contribution in [0.25, 0.3) is 6.08 Å². The van der Waals surface area contributed by atoms with Crippen LogP contribution in [0.4, 0.5) is 5.69 Å². The van der Waals surface area contributed by atoms with Crippen molar-refractivity contribution >= 4 is 46.9 Å². The van der Waals surface area contributed by atoms with E-state index in [1.807, 2.05) is 72.8 Å². The highest BCUT2D eigenvalue weighted by Crippen LogP contribution is 2.41. The molecular formula is C24H19ClN2O2S. The first-order valence-electron chi connectivity index (χ1n) is 9.47. The van der Waals surface area contributed by atoms with Crippen LogP contribution in [0.15, 0.2) is 88.7 Å². The number of fused-ring (bicyclic) bond motifs is 1. The molecule has 4 nitrogen and oxygen atoms in total. The molecule has 0 unspecified atom stereocenters. The van der Waals surface area contributed by atoms with Gasteiger partial charge in [0.05, 0.1) is 10.6 Å². The molecule has 0 radical (unpaired) electrons. The van der Waals surface area contributed by atoms with E-state index in [9.17, 15) is 9.59 Å². The van der Waals surface area contributed by atoms with E-state index in [4.69, 9.17) is 11.6 Å². The number of carbonyl (C=O) groups excluding carboxylic acids is 2. The SMILES string of the molecule is O=C(CN1C(=O)C(=Cc2ccc(Cl)cc2)Sc2ccccc21)NCc1ccccc1. The second kappa shape index (κ2) is 9.20. The third kappa shape index (κ3) is 4.75. The lowest BCUT2D eigenvalue weighted by molar-refractivity contribution is -0.122. The number of halogens is 1. The van der Waals surface area contributed by atoms with Crippen molar-refractivity contribution in [3.63, 3.8) is 0 Å². The number of nitrogens with zero attached hydrogens (tertiary/aromatic N) is 1. The van der Waals surface area contributed by atoms with Crippen LogP contribution >= 0.6 is 23.4 Å². The molecular weight excluding hydrogens is 416 g/mol. The largest absolute Gasteiger partial charge is 0.350 e. The Morgan fingerprint density at radius 1 is 0.967 bits per heavy atom. The van der Waals surface area contributed by atoms with E-state index in [1.165, 1.54) is 16.7 Å². The van der Waals surface area contributed by atoms with Gasteiger partial charge in [0.1, 0.15) is 6.54 Å². The van der Waals surface area contributed by atoms with Gasteiger partial charge in [-0.15, -0.1) is 0 Å². The van der Waals surface area contributed by atoms with Gasteiger partial charge >= 0.3 is 0 Å². The summed E-state index contributed by atoms with van der Waals surface area (Å²) in [6.45, 7) is 0.382. The van der Waals surface area contributed by atoms with Gasteiger partial charge < -0.3 is 5.32 Å². The summed E-state index contributed by atoms with van der Waals surface area (Å²) in [7, 11) is 0. The van der Waals surface area contributed by atoms with Gasteiger partial charge in [-0.3, -0.25) is 14.5 Å². The smallest absolute Gasteiger partial charge is 0.265 e. The summed E-state index contributed by atoms with van der Waals surface area (Å²) in [4.78, 5) is 28.8. The van der Waals surface area contributed by atoms with E-state index in [1.54, 1.807) is 12.1 Å². The van der Waals surface area contributed by atoms with Crippen LogP contribution < -0.4 is 10.2 Å². The van der Waals surface area contributed by atoms with Gasteiger partial charge in [-0.05, 0) is 41.5 Å². The molecule has 2 amide bonds. The molecule has 0 bridgehead atoms. The number of rotatable bonds is 5. The van der Waals surface area contributed by atoms with Crippen molar-refractivity contribution in [1.82, 2.24) is 5.32 Å². The molecule has 0 saturated carbocycles. The summed E-state index contributed by atoms with van der Waals surface area (Å²) in [6, 6.07) is 24.6. The minimum Gasteiger partial charge on any atom is -0.350 e. The van der Waals surface area contributed by atoms with Crippen LogP contribution in [-0.4, -0.2) is 18.4 Å². The molecule has 0 fully saturated rings. The third-order valence-corrected chi connectivity index (χ3v) is 5.96. The quantitative estimate of drug-likeness (QED) is 0.566. The van der Waals surface area contributed by atoms with E-state index in [0.29, 0.717) is 16.5 Å². The zero-order valence-electron chi connectivity index (χ0n) is 16.0. The Hall–Kier alpha value is -3.02. The molecule has 6 heteroatoms. The molecule has 0 aliphatic carbocycles. The molecule has 1 aliphatic rings. The van der Waals surface area contributed by atoms with Crippen LogP contribution in [0.3, 0.4) is 0 Å². The average molecular weight is 435 g/mol. The predicted molar refractivity (Wildman–Crippen MR) is 122 cm³/mol. The van der Waals surface area contributed by atoms with Crippen molar-refractivity contribution in [3.8, 4) is 0 Å². The zero-order valence-corrected chi connectivity index (χ0v) is 17.6. The first kappa shape index (κ1) is 20.3. The minimum atomic E-state index is -0.209. The molecule has 1 N–H and O–H groups in total. The molecule has 0 spiro atoms. The Morgan fingerprint density at radius 2 is 1.67 bits per heavy atom. The van der Waals surface area contributed by atoms with E-state index in [-0.39, 0.29) is 18.4 Å². The maximum Gasteiger partial charge on any atom is 0.265 e. The number of hydrogen-bond acceptors (Lipinski definition) is 3. The van der Waals surface area contributed by atoms with Gasteiger partial charge in [-0.2, -0.15) is 0 Å². The molecule has 1 heterocycles. The fourth-order valence-corrected chi connectivity index (χ4v) is 4.31. The molecule has 0 atom stereocenters. The molecule has 30 heavy (non-hydrogen) atoms. The van der Waals surface area contributed by atoms with Crippen LogP contribution in [-0.2, 0) is 16.1 Å². The van der Waals surface area contributed by atoms with Gasteiger partial charge in [-0.1, -0.05) is 78.0 Å². The second-order valence-corrected chi connectivity index (χ2v) is 8.30. The topological polar surface area (TPSA) is 49.4 Å². The summed E-state index contributed by atoms with van der Waals surface area (Å²) in [6.07, 6.45) is 1.83. The van der Waals surface area contributed by atoms with Crippen molar-refractivity contribution in [2.24, 2.45) is 0 Å². The Balaban J connectivity index is 1.55. The first-order chi connectivity index (χ1) is 14.6. The highest BCUT2D eigenvalue weighted by atomic mass is 35.5. The first-order valence-corrected chi connectivity index (χ1v) is 10.7. The lowest BCUT2D eigenvalue weighted by Gasteiger charge is -2.29. The van der Waals surface area contributed by atoms with Crippen molar-refractivity contribution in [2.45, 2.75) is 11.4 Å². The Bertz CT molecular complexity index is 1100. The minimum absolute atomic E-state index is 0.0405. The average Bonchev–Trinajstić information content (AvgIpc) is 2.77. The van der Waals surface area contributed by atoms with Crippen LogP contribution in [0.1, 0.15) is 11.1 Å². The summed E-state index contributed by atoms with van der Waals surface area (Å²) in [5.74, 6) is -0.400. The van der Waals surface area contributed by atoms with E-state index in [0.717, 1.165) is 21.7 Å².